The maximum Gasteiger partial charge on any atom is 0.254 e. The standard InChI is InChI=1S/C16H22N2O2/c1-4-11-20-15-7-5-14(6-8-15)16(19)18-10-9-17-12(2)13(18)3/h4-8,12-13,17H,1,9-11H2,2-3H3. The predicted octanol–water partition coefficient (Wildman–Crippen LogP) is 2.07. The molecule has 4 heteroatoms. The van der Waals surface area contributed by atoms with Crippen LogP contribution in [0.15, 0.2) is 36.9 Å². The van der Waals surface area contributed by atoms with E-state index in [-0.39, 0.29) is 11.9 Å². The summed E-state index contributed by atoms with van der Waals surface area (Å²) in [6, 6.07) is 7.82. The van der Waals surface area contributed by atoms with Crippen LogP contribution in [0.5, 0.6) is 5.75 Å². The number of ether oxygens (including phenoxy) is 1. The summed E-state index contributed by atoms with van der Waals surface area (Å²) < 4.78 is 5.42. The van der Waals surface area contributed by atoms with Crippen molar-refractivity contribution in [1.82, 2.24) is 10.2 Å². The number of amides is 1. The van der Waals surface area contributed by atoms with Crippen molar-refractivity contribution in [1.29, 1.82) is 0 Å². The van der Waals surface area contributed by atoms with Crippen LogP contribution in [0.2, 0.25) is 0 Å². The van der Waals surface area contributed by atoms with Gasteiger partial charge in [-0.25, -0.2) is 0 Å². The van der Waals surface area contributed by atoms with E-state index < -0.39 is 0 Å². The van der Waals surface area contributed by atoms with Crippen LogP contribution in [-0.4, -0.2) is 42.6 Å². The maximum absolute atomic E-state index is 12.5. The highest BCUT2D eigenvalue weighted by atomic mass is 16.5. The normalized spacial score (nSPS) is 22.4. The van der Waals surface area contributed by atoms with Gasteiger partial charge in [0.1, 0.15) is 12.4 Å². The SMILES string of the molecule is C=CCOc1ccc(C(=O)N2CCNC(C)C2C)cc1. The first-order valence-corrected chi connectivity index (χ1v) is 7.01. The predicted molar refractivity (Wildman–Crippen MR) is 80.1 cm³/mol. The van der Waals surface area contributed by atoms with Crippen LogP contribution < -0.4 is 10.1 Å². The van der Waals surface area contributed by atoms with Crippen LogP contribution >= 0.6 is 0 Å². The molecule has 0 radical (unpaired) electrons. The second-order valence-corrected chi connectivity index (χ2v) is 5.11. The molecular weight excluding hydrogens is 252 g/mol. The Morgan fingerprint density at radius 3 is 2.80 bits per heavy atom. The number of piperazine rings is 1. The minimum atomic E-state index is 0.0844. The van der Waals surface area contributed by atoms with Gasteiger partial charge in [-0.1, -0.05) is 12.7 Å². The molecule has 1 saturated heterocycles. The lowest BCUT2D eigenvalue weighted by molar-refractivity contribution is 0.0603. The van der Waals surface area contributed by atoms with Crippen molar-refractivity contribution in [3.05, 3.63) is 42.5 Å². The van der Waals surface area contributed by atoms with E-state index in [1.54, 1.807) is 6.08 Å². The van der Waals surface area contributed by atoms with Gasteiger partial charge in [0.2, 0.25) is 0 Å². The van der Waals surface area contributed by atoms with Crippen molar-refractivity contribution in [2.24, 2.45) is 0 Å². The van der Waals surface area contributed by atoms with Crippen LogP contribution in [-0.2, 0) is 0 Å². The molecule has 1 aromatic rings. The number of rotatable bonds is 4. The van der Waals surface area contributed by atoms with Gasteiger partial charge in [-0.05, 0) is 38.1 Å². The number of carbonyl (C=O) groups is 1. The van der Waals surface area contributed by atoms with Gasteiger partial charge < -0.3 is 15.0 Å². The molecule has 1 aliphatic rings. The first kappa shape index (κ1) is 14.6. The smallest absolute Gasteiger partial charge is 0.254 e. The third-order valence-electron chi connectivity index (χ3n) is 3.76. The molecule has 108 valence electrons. The number of benzene rings is 1. The molecule has 2 atom stereocenters. The Labute approximate surface area is 120 Å². The third kappa shape index (κ3) is 3.20. The molecule has 4 nitrogen and oxygen atoms in total. The Morgan fingerprint density at radius 1 is 1.45 bits per heavy atom. The molecule has 1 N–H and O–H groups in total. The Morgan fingerprint density at radius 2 is 2.15 bits per heavy atom. The molecule has 1 fully saturated rings. The molecule has 2 rings (SSSR count). The Hall–Kier alpha value is -1.81. The van der Waals surface area contributed by atoms with Crippen molar-refractivity contribution < 1.29 is 9.53 Å². The highest BCUT2D eigenvalue weighted by Crippen LogP contribution is 2.17. The Bertz CT molecular complexity index is 470. The van der Waals surface area contributed by atoms with Crippen molar-refractivity contribution in [3.8, 4) is 5.75 Å². The van der Waals surface area contributed by atoms with Crippen molar-refractivity contribution in [3.63, 3.8) is 0 Å². The van der Waals surface area contributed by atoms with E-state index in [9.17, 15) is 4.79 Å². The van der Waals surface area contributed by atoms with Crippen LogP contribution in [0.25, 0.3) is 0 Å². The number of nitrogens with zero attached hydrogens (tertiary/aromatic N) is 1. The van der Waals surface area contributed by atoms with E-state index in [2.05, 4.69) is 25.7 Å². The van der Waals surface area contributed by atoms with Crippen molar-refractivity contribution in [2.75, 3.05) is 19.7 Å². The zero-order chi connectivity index (χ0) is 14.5. The second-order valence-electron chi connectivity index (χ2n) is 5.11. The fraction of sp³-hybridized carbons (Fsp3) is 0.438. The van der Waals surface area contributed by atoms with Crippen LogP contribution in [0.3, 0.4) is 0 Å². The lowest BCUT2D eigenvalue weighted by Gasteiger charge is -2.38. The summed E-state index contributed by atoms with van der Waals surface area (Å²) in [4.78, 5) is 14.5. The molecule has 1 amide bonds. The summed E-state index contributed by atoms with van der Waals surface area (Å²) in [6.45, 7) is 9.86. The monoisotopic (exact) mass is 274 g/mol. The third-order valence-corrected chi connectivity index (χ3v) is 3.76. The largest absolute Gasteiger partial charge is 0.490 e. The molecule has 0 aliphatic carbocycles. The molecule has 1 aliphatic heterocycles. The molecule has 20 heavy (non-hydrogen) atoms. The van der Waals surface area contributed by atoms with Gasteiger partial charge in [0.25, 0.3) is 5.91 Å². The van der Waals surface area contributed by atoms with E-state index in [1.807, 2.05) is 29.2 Å². The molecule has 1 aromatic carbocycles. The van der Waals surface area contributed by atoms with Gasteiger partial charge in [-0.2, -0.15) is 0 Å². The highest BCUT2D eigenvalue weighted by molar-refractivity contribution is 5.94. The zero-order valence-corrected chi connectivity index (χ0v) is 12.1. The fourth-order valence-electron chi connectivity index (χ4n) is 2.36. The van der Waals surface area contributed by atoms with Gasteiger partial charge in [0, 0.05) is 30.7 Å². The highest BCUT2D eigenvalue weighted by Gasteiger charge is 2.28. The van der Waals surface area contributed by atoms with Gasteiger partial charge >= 0.3 is 0 Å². The van der Waals surface area contributed by atoms with Gasteiger partial charge in [0.05, 0.1) is 0 Å². The van der Waals surface area contributed by atoms with Gasteiger partial charge in [0.15, 0.2) is 0 Å². The number of hydrogen-bond acceptors (Lipinski definition) is 3. The zero-order valence-electron chi connectivity index (χ0n) is 12.1. The quantitative estimate of drug-likeness (QED) is 0.855. The van der Waals surface area contributed by atoms with E-state index >= 15 is 0 Å². The minimum Gasteiger partial charge on any atom is -0.490 e. The topological polar surface area (TPSA) is 41.6 Å². The second kappa shape index (κ2) is 6.57. The molecule has 2 unspecified atom stereocenters. The summed E-state index contributed by atoms with van der Waals surface area (Å²) in [7, 11) is 0. The number of hydrogen-bond donors (Lipinski definition) is 1. The fourth-order valence-corrected chi connectivity index (χ4v) is 2.36. The Kier molecular flexibility index (Phi) is 4.79. The average molecular weight is 274 g/mol. The molecule has 1 heterocycles. The summed E-state index contributed by atoms with van der Waals surface area (Å²) in [5, 5.41) is 3.38. The van der Waals surface area contributed by atoms with Crippen LogP contribution in [0.4, 0.5) is 0 Å². The molecule has 0 saturated carbocycles. The number of carbonyl (C=O) groups excluding carboxylic acids is 1. The van der Waals surface area contributed by atoms with E-state index in [1.165, 1.54) is 0 Å². The Balaban J connectivity index is 2.06. The van der Waals surface area contributed by atoms with Crippen molar-refractivity contribution >= 4 is 5.91 Å². The number of nitrogens with one attached hydrogen (secondary N) is 1. The maximum atomic E-state index is 12.5. The molecule has 0 bridgehead atoms. The lowest BCUT2D eigenvalue weighted by Crippen LogP contribution is -2.57. The summed E-state index contributed by atoms with van der Waals surface area (Å²) in [6.07, 6.45) is 1.70. The summed E-state index contributed by atoms with van der Waals surface area (Å²) >= 11 is 0. The minimum absolute atomic E-state index is 0.0844. The lowest BCUT2D eigenvalue weighted by atomic mass is 10.1. The van der Waals surface area contributed by atoms with E-state index in [4.69, 9.17) is 4.74 Å². The average Bonchev–Trinajstić information content (AvgIpc) is 2.48. The molecule has 0 spiro atoms. The molecular formula is C16H22N2O2. The van der Waals surface area contributed by atoms with Crippen LogP contribution in [0.1, 0.15) is 24.2 Å². The van der Waals surface area contributed by atoms with E-state index in [0.717, 1.165) is 18.8 Å². The van der Waals surface area contributed by atoms with E-state index in [0.29, 0.717) is 18.2 Å². The molecule has 0 aromatic heterocycles. The van der Waals surface area contributed by atoms with Gasteiger partial charge in [-0.15, -0.1) is 0 Å². The van der Waals surface area contributed by atoms with Gasteiger partial charge in [-0.3, -0.25) is 4.79 Å². The summed E-state index contributed by atoms with van der Waals surface area (Å²) in [5.41, 5.74) is 0.705. The van der Waals surface area contributed by atoms with Crippen molar-refractivity contribution in [2.45, 2.75) is 25.9 Å². The van der Waals surface area contributed by atoms with Crippen LogP contribution in [0, 0.1) is 0 Å². The summed E-state index contributed by atoms with van der Waals surface area (Å²) in [5.74, 6) is 0.837. The first-order chi connectivity index (χ1) is 9.63. The first-order valence-electron chi connectivity index (χ1n) is 7.01.